The summed E-state index contributed by atoms with van der Waals surface area (Å²) in [5, 5.41) is 1.81. The average molecular weight is 143 g/mol. The van der Waals surface area contributed by atoms with Crippen molar-refractivity contribution in [3.8, 4) is 0 Å². The zero-order valence-corrected chi connectivity index (χ0v) is 7.23. The molecule has 3 nitrogen and oxygen atoms in total. The highest BCUT2D eigenvalue weighted by atomic mass is 15.7. The van der Waals surface area contributed by atoms with E-state index in [0.717, 1.165) is 6.42 Å². The highest BCUT2D eigenvalue weighted by Gasteiger charge is 1.89. The normalized spacial score (nSPS) is 12.3. The number of rotatable bonds is 4. The minimum absolute atomic E-state index is 1.07. The lowest BCUT2D eigenvalue weighted by Gasteiger charge is -2.17. The largest absolute Gasteiger partial charge is 0.311 e. The molecule has 0 saturated carbocycles. The maximum atomic E-state index is 3.11. The smallest absolute Gasteiger partial charge is 0.0224 e. The summed E-state index contributed by atoms with van der Waals surface area (Å²) in [7, 11) is 3.79. The van der Waals surface area contributed by atoms with E-state index in [0.29, 0.717) is 0 Å². The van der Waals surface area contributed by atoms with Gasteiger partial charge in [0.1, 0.15) is 0 Å². The summed E-state index contributed by atoms with van der Waals surface area (Å²) >= 11 is 0. The minimum atomic E-state index is 1.07. The number of hydrogen-bond acceptors (Lipinski definition) is 3. The molecule has 0 aromatic rings. The van der Waals surface area contributed by atoms with Gasteiger partial charge in [-0.2, -0.15) is 5.12 Å². The highest BCUT2D eigenvalue weighted by Crippen LogP contribution is 1.88. The zero-order valence-electron chi connectivity index (χ0n) is 7.23. The lowest BCUT2D eigenvalue weighted by molar-refractivity contribution is 0.197. The molecular weight excluding hydrogens is 126 g/mol. The third-order valence-corrected chi connectivity index (χ3v) is 1.19. The van der Waals surface area contributed by atoms with E-state index in [9.17, 15) is 0 Å². The van der Waals surface area contributed by atoms with Crippen LogP contribution in [0.4, 0.5) is 0 Å². The van der Waals surface area contributed by atoms with Crippen molar-refractivity contribution >= 4 is 0 Å². The van der Waals surface area contributed by atoms with Crippen molar-refractivity contribution < 1.29 is 0 Å². The second-order valence-corrected chi connectivity index (χ2v) is 2.19. The molecule has 0 fully saturated rings. The summed E-state index contributed by atoms with van der Waals surface area (Å²) in [6.07, 6.45) is 3.20. The Hall–Kier alpha value is -0.540. The first-order chi connectivity index (χ1) is 4.70. The van der Waals surface area contributed by atoms with Crippen LogP contribution in [0.2, 0.25) is 0 Å². The van der Waals surface area contributed by atoms with Crippen molar-refractivity contribution in [3.63, 3.8) is 0 Å². The predicted molar refractivity (Wildman–Crippen MR) is 44.0 cm³/mol. The van der Waals surface area contributed by atoms with Crippen molar-refractivity contribution in [2.24, 2.45) is 0 Å². The second-order valence-electron chi connectivity index (χ2n) is 2.19. The summed E-state index contributed by atoms with van der Waals surface area (Å²) in [4.78, 5) is 0. The van der Waals surface area contributed by atoms with E-state index in [2.05, 4.69) is 23.9 Å². The summed E-state index contributed by atoms with van der Waals surface area (Å²) < 4.78 is 0. The number of nitrogens with one attached hydrogen (secondary N) is 2. The molecular formula is C7H17N3. The number of hydrogen-bond donors (Lipinski definition) is 2. The van der Waals surface area contributed by atoms with Crippen molar-refractivity contribution in [2.75, 3.05) is 14.1 Å². The van der Waals surface area contributed by atoms with Crippen LogP contribution in [0.3, 0.4) is 0 Å². The Kier molecular flexibility index (Phi) is 4.98. The van der Waals surface area contributed by atoms with Crippen molar-refractivity contribution in [1.29, 1.82) is 0 Å². The van der Waals surface area contributed by atoms with Crippen LogP contribution >= 0.6 is 0 Å². The average Bonchev–Trinajstić information content (AvgIpc) is 1.88. The predicted octanol–water partition coefficient (Wildman–Crippen LogP) is 0.871. The fraction of sp³-hybridized carbons (Fsp3) is 0.714. The van der Waals surface area contributed by atoms with Crippen molar-refractivity contribution in [2.45, 2.75) is 20.3 Å². The molecule has 0 bridgehead atoms. The summed E-state index contributed by atoms with van der Waals surface area (Å²) in [6, 6.07) is 0. The van der Waals surface area contributed by atoms with Crippen LogP contribution in [0.5, 0.6) is 0 Å². The van der Waals surface area contributed by atoms with Crippen LogP contribution in [0.25, 0.3) is 0 Å². The molecule has 0 unspecified atom stereocenters. The summed E-state index contributed by atoms with van der Waals surface area (Å²) in [5.41, 5.74) is 7.22. The molecule has 0 aromatic heterocycles. The first kappa shape index (κ1) is 9.46. The summed E-state index contributed by atoms with van der Waals surface area (Å²) in [6.45, 7) is 4.15. The van der Waals surface area contributed by atoms with Gasteiger partial charge in [-0.3, -0.25) is 0 Å². The van der Waals surface area contributed by atoms with Crippen LogP contribution < -0.4 is 10.9 Å². The minimum Gasteiger partial charge on any atom is -0.311 e. The molecule has 0 heterocycles. The highest BCUT2D eigenvalue weighted by molar-refractivity contribution is 4.92. The van der Waals surface area contributed by atoms with Crippen LogP contribution in [0.15, 0.2) is 11.8 Å². The Balaban J connectivity index is 3.56. The van der Waals surface area contributed by atoms with Crippen LogP contribution in [0, 0.1) is 0 Å². The van der Waals surface area contributed by atoms with Gasteiger partial charge in [0, 0.05) is 19.8 Å². The molecule has 0 aliphatic heterocycles. The molecule has 3 heteroatoms. The molecule has 0 rings (SSSR count). The monoisotopic (exact) mass is 143 g/mol. The van der Waals surface area contributed by atoms with Gasteiger partial charge in [0.2, 0.25) is 0 Å². The molecule has 60 valence electrons. The molecule has 2 N–H and O–H groups in total. The van der Waals surface area contributed by atoms with E-state index in [1.54, 1.807) is 0 Å². The van der Waals surface area contributed by atoms with Gasteiger partial charge < -0.3 is 5.43 Å². The topological polar surface area (TPSA) is 27.3 Å². The van der Waals surface area contributed by atoms with Gasteiger partial charge in [0.05, 0.1) is 0 Å². The SMILES string of the molecule is CC/C=C(\C)NN(C)NC. The van der Waals surface area contributed by atoms with Crippen molar-refractivity contribution in [3.05, 3.63) is 11.8 Å². The first-order valence-corrected chi connectivity index (χ1v) is 3.55. The summed E-state index contributed by atoms with van der Waals surface area (Å²) in [5.74, 6) is 0. The van der Waals surface area contributed by atoms with Gasteiger partial charge in [-0.1, -0.05) is 13.0 Å². The van der Waals surface area contributed by atoms with E-state index in [4.69, 9.17) is 0 Å². The quantitative estimate of drug-likeness (QED) is 0.572. The lowest BCUT2D eigenvalue weighted by atomic mass is 10.4. The second kappa shape index (κ2) is 5.26. The van der Waals surface area contributed by atoms with Gasteiger partial charge in [-0.25, -0.2) is 5.43 Å². The van der Waals surface area contributed by atoms with E-state index >= 15 is 0 Å². The molecule has 0 aromatic carbocycles. The molecule has 0 saturated heterocycles. The van der Waals surface area contributed by atoms with Crippen molar-refractivity contribution in [1.82, 2.24) is 16.0 Å². The number of nitrogens with zero attached hydrogens (tertiary/aromatic N) is 1. The molecule has 0 spiro atoms. The number of hydrazine groups is 2. The van der Waals surface area contributed by atoms with Gasteiger partial charge >= 0.3 is 0 Å². The van der Waals surface area contributed by atoms with Crippen LogP contribution in [0.1, 0.15) is 20.3 Å². The molecule has 0 atom stereocenters. The Morgan fingerprint density at radius 1 is 1.60 bits per heavy atom. The van der Waals surface area contributed by atoms with Gasteiger partial charge in [-0.05, 0) is 13.3 Å². The van der Waals surface area contributed by atoms with Crippen LogP contribution in [-0.2, 0) is 0 Å². The fourth-order valence-corrected chi connectivity index (χ4v) is 0.672. The number of allylic oxidation sites excluding steroid dienone is 2. The van der Waals surface area contributed by atoms with Gasteiger partial charge in [0.15, 0.2) is 0 Å². The van der Waals surface area contributed by atoms with E-state index in [1.165, 1.54) is 5.70 Å². The lowest BCUT2D eigenvalue weighted by Crippen LogP contribution is -2.41. The molecule has 0 amide bonds. The Labute approximate surface area is 63.0 Å². The van der Waals surface area contributed by atoms with E-state index in [1.807, 2.05) is 26.1 Å². The third-order valence-electron chi connectivity index (χ3n) is 1.19. The third kappa shape index (κ3) is 4.35. The van der Waals surface area contributed by atoms with Gasteiger partial charge in [-0.15, -0.1) is 0 Å². The molecule has 0 aliphatic carbocycles. The van der Waals surface area contributed by atoms with E-state index in [-0.39, 0.29) is 0 Å². The standard InChI is InChI=1S/C7H17N3/c1-5-6-7(2)9-10(4)8-3/h6,8-9H,5H2,1-4H3/b7-6+. The maximum absolute atomic E-state index is 3.11. The Morgan fingerprint density at radius 2 is 2.20 bits per heavy atom. The first-order valence-electron chi connectivity index (χ1n) is 3.55. The Morgan fingerprint density at radius 3 is 2.60 bits per heavy atom. The molecule has 10 heavy (non-hydrogen) atoms. The molecule has 0 aliphatic rings. The Bertz CT molecular complexity index is 109. The van der Waals surface area contributed by atoms with Gasteiger partial charge in [0.25, 0.3) is 0 Å². The zero-order chi connectivity index (χ0) is 7.98. The van der Waals surface area contributed by atoms with E-state index < -0.39 is 0 Å². The van der Waals surface area contributed by atoms with Crippen LogP contribution in [-0.4, -0.2) is 19.2 Å². The fourth-order valence-electron chi connectivity index (χ4n) is 0.672. The maximum Gasteiger partial charge on any atom is 0.0224 e. The molecule has 0 radical (unpaired) electrons.